The highest BCUT2D eigenvalue weighted by Crippen LogP contribution is 2.30. The smallest absolute Gasteiger partial charge is 0.232 e. The highest BCUT2D eigenvalue weighted by Gasteiger charge is 2.38. The summed E-state index contributed by atoms with van der Waals surface area (Å²) in [7, 11) is 0. The third kappa shape index (κ3) is 3.46. The Hall–Kier alpha value is -1.11. The quantitative estimate of drug-likeness (QED) is 0.866. The van der Waals surface area contributed by atoms with Gasteiger partial charge in [0, 0.05) is 32.5 Å². The third-order valence-corrected chi connectivity index (χ3v) is 3.54. The Balaban J connectivity index is 0.00000180. The zero-order valence-electron chi connectivity index (χ0n) is 11.1. The first-order valence-corrected chi connectivity index (χ1v) is 6.32. The Kier molecular flexibility index (Phi) is 5.78. The number of hydrogen-bond donors (Lipinski definition) is 2. The minimum absolute atomic E-state index is 0. The van der Waals surface area contributed by atoms with E-state index in [9.17, 15) is 4.79 Å². The predicted octanol–water partition coefficient (Wildman–Crippen LogP) is 1.02. The van der Waals surface area contributed by atoms with E-state index in [0.717, 1.165) is 12.2 Å². The van der Waals surface area contributed by atoms with Crippen LogP contribution in [0.5, 0.6) is 0 Å². The molecule has 0 saturated carbocycles. The summed E-state index contributed by atoms with van der Waals surface area (Å²) in [4.78, 5) is 12.3. The van der Waals surface area contributed by atoms with Crippen molar-refractivity contribution >= 4 is 24.0 Å². The number of halogens is 1. The van der Waals surface area contributed by atoms with Crippen LogP contribution in [-0.2, 0) is 16.1 Å². The van der Waals surface area contributed by atoms with Crippen LogP contribution in [0.25, 0.3) is 0 Å². The SMILES string of the molecule is CCn1cc(NC(=O)C2(CN)CCOCC2)cn1.Cl. The van der Waals surface area contributed by atoms with Crippen LogP contribution in [-0.4, -0.2) is 35.4 Å². The zero-order chi connectivity index (χ0) is 13.0. The van der Waals surface area contributed by atoms with Gasteiger partial charge >= 0.3 is 0 Å². The van der Waals surface area contributed by atoms with Crippen molar-refractivity contribution in [2.75, 3.05) is 25.1 Å². The van der Waals surface area contributed by atoms with E-state index in [0.29, 0.717) is 32.6 Å². The number of nitrogens with zero attached hydrogens (tertiary/aromatic N) is 2. The van der Waals surface area contributed by atoms with Crippen LogP contribution in [0, 0.1) is 5.41 Å². The molecule has 0 aliphatic carbocycles. The molecule has 2 heterocycles. The van der Waals surface area contributed by atoms with Gasteiger partial charge in [0.2, 0.25) is 5.91 Å². The van der Waals surface area contributed by atoms with E-state index in [2.05, 4.69) is 10.4 Å². The van der Waals surface area contributed by atoms with Crippen molar-refractivity contribution in [1.82, 2.24) is 9.78 Å². The van der Waals surface area contributed by atoms with Gasteiger partial charge in [-0.2, -0.15) is 5.10 Å². The van der Waals surface area contributed by atoms with Gasteiger partial charge in [-0.3, -0.25) is 9.48 Å². The van der Waals surface area contributed by atoms with Crippen LogP contribution in [0.15, 0.2) is 12.4 Å². The fourth-order valence-corrected chi connectivity index (χ4v) is 2.15. The van der Waals surface area contributed by atoms with Crippen molar-refractivity contribution in [2.45, 2.75) is 26.3 Å². The van der Waals surface area contributed by atoms with Crippen LogP contribution >= 0.6 is 12.4 Å². The van der Waals surface area contributed by atoms with E-state index in [1.165, 1.54) is 0 Å². The Bertz CT molecular complexity index is 416. The summed E-state index contributed by atoms with van der Waals surface area (Å²) < 4.78 is 7.07. The summed E-state index contributed by atoms with van der Waals surface area (Å²) in [6.07, 6.45) is 4.83. The number of hydrogen-bond acceptors (Lipinski definition) is 4. The molecular weight excluding hydrogens is 268 g/mol. The Labute approximate surface area is 119 Å². The van der Waals surface area contributed by atoms with Crippen LogP contribution in [0.1, 0.15) is 19.8 Å². The lowest BCUT2D eigenvalue weighted by Gasteiger charge is -2.34. The molecule has 0 radical (unpaired) electrons. The maximum atomic E-state index is 12.3. The number of anilines is 1. The second-order valence-corrected chi connectivity index (χ2v) is 4.64. The number of rotatable bonds is 4. The maximum absolute atomic E-state index is 12.3. The molecule has 108 valence electrons. The van der Waals surface area contributed by atoms with E-state index in [4.69, 9.17) is 10.5 Å². The number of carbonyl (C=O) groups excluding carboxylic acids is 1. The molecular formula is C12H21ClN4O2. The largest absolute Gasteiger partial charge is 0.381 e. The zero-order valence-corrected chi connectivity index (χ0v) is 11.9. The lowest BCUT2D eigenvalue weighted by Crippen LogP contribution is -2.46. The minimum atomic E-state index is -0.493. The van der Waals surface area contributed by atoms with Crippen molar-refractivity contribution in [1.29, 1.82) is 0 Å². The number of ether oxygens (including phenoxy) is 1. The second-order valence-electron chi connectivity index (χ2n) is 4.64. The number of nitrogens with one attached hydrogen (secondary N) is 1. The van der Waals surface area contributed by atoms with Gasteiger partial charge in [0.05, 0.1) is 17.3 Å². The molecule has 7 heteroatoms. The molecule has 0 aromatic carbocycles. The normalized spacial score (nSPS) is 17.6. The summed E-state index contributed by atoms with van der Waals surface area (Å²) in [5.41, 5.74) is 6.02. The third-order valence-electron chi connectivity index (χ3n) is 3.54. The summed E-state index contributed by atoms with van der Waals surface area (Å²) in [6.45, 7) is 4.33. The topological polar surface area (TPSA) is 82.2 Å². The molecule has 0 spiro atoms. The maximum Gasteiger partial charge on any atom is 0.232 e. The lowest BCUT2D eigenvalue weighted by molar-refractivity contribution is -0.130. The molecule has 0 bridgehead atoms. The molecule has 2 rings (SSSR count). The van der Waals surface area contributed by atoms with Crippen molar-refractivity contribution in [3.8, 4) is 0 Å². The molecule has 1 aliphatic heterocycles. The van der Waals surface area contributed by atoms with Crippen LogP contribution in [0.2, 0.25) is 0 Å². The Morgan fingerprint density at radius 2 is 2.26 bits per heavy atom. The van der Waals surface area contributed by atoms with Crippen LogP contribution < -0.4 is 11.1 Å². The molecule has 1 aliphatic rings. The van der Waals surface area contributed by atoms with E-state index >= 15 is 0 Å². The first-order chi connectivity index (χ1) is 8.70. The second kappa shape index (κ2) is 6.88. The number of aromatic nitrogens is 2. The van der Waals surface area contributed by atoms with Gasteiger partial charge in [-0.1, -0.05) is 0 Å². The fourth-order valence-electron chi connectivity index (χ4n) is 2.15. The van der Waals surface area contributed by atoms with Crippen LogP contribution in [0.4, 0.5) is 5.69 Å². The monoisotopic (exact) mass is 288 g/mol. The molecule has 0 unspecified atom stereocenters. The molecule has 0 atom stereocenters. The first-order valence-electron chi connectivity index (χ1n) is 6.32. The number of aryl methyl sites for hydroxylation is 1. The molecule has 1 amide bonds. The number of amides is 1. The van der Waals surface area contributed by atoms with E-state index < -0.39 is 5.41 Å². The van der Waals surface area contributed by atoms with Gasteiger partial charge < -0.3 is 15.8 Å². The van der Waals surface area contributed by atoms with Gasteiger partial charge in [0.25, 0.3) is 0 Å². The Morgan fingerprint density at radius 1 is 1.58 bits per heavy atom. The standard InChI is InChI=1S/C12H20N4O2.ClH/c1-2-16-8-10(7-14-16)15-11(17)12(9-13)3-5-18-6-4-12;/h7-8H,2-6,9,13H2,1H3,(H,15,17);1H. The van der Waals surface area contributed by atoms with Gasteiger partial charge in [-0.15, -0.1) is 12.4 Å². The van der Waals surface area contributed by atoms with Crippen LogP contribution in [0.3, 0.4) is 0 Å². The highest BCUT2D eigenvalue weighted by atomic mass is 35.5. The molecule has 1 saturated heterocycles. The molecule has 3 N–H and O–H groups in total. The summed E-state index contributed by atoms with van der Waals surface area (Å²) >= 11 is 0. The van der Waals surface area contributed by atoms with Gasteiger partial charge in [-0.05, 0) is 19.8 Å². The average Bonchev–Trinajstić information content (AvgIpc) is 2.87. The summed E-state index contributed by atoms with van der Waals surface area (Å²) in [6, 6.07) is 0. The predicted molar refractivity (Wildman–Crippen MR) is 75.3 cm³/mol. The molecule has 19 heavy (non-hydrogen) atoms. The molecule has 1 aromatic rings. The summed E-state index contributed by atoms with van der Waals surface area (Å²) in [5.74, 6) is -0.0241. The number of nitrogens with two attached hydrogens (primary N) is 1. The van der Waals surface area contributed by atoms with Gasteiger partial charge in [0.1, 0.15) is 0 Å². The number of carbonyl (C=O) groups is 1. The lowest BCUT2D eigenvalue weighted by atomic mass is 9.79. The molecule has 1 aromatic heterocycles. The summed E-state index contributed by atoms with van der Waals surface area (Å²) in [5, 5.41) is 7.03. The fraction of sp³-hybridized carbons (Fsp3) is 0.667. The molecule has 6 nitrogen and oxygen atoms in total. The molecule has 1 fully saturated rings. The average molecular weight is 289 g/mol. The van der Waals surface area contributed by atoms with Gasteiger partial charge in [0.15, 0.2) is 0 Å². The van der Waals surface area contributed by atoms with Crippen molar-refractivity contribution in [3.05, 3.63) is 12.4 Å². The minimum Gasteiger partial charge on any atom is -0.381 e. The highest BCUT2D eigenvalue weighted by molar-refractivity contribution is 5.95. The van der Waals surface area contributed by atoms with Crippen molar-refractivity contribution in [3.63, 3.8) is 0 Å². The Morgan fingerprint density at radius 3 is 2.79 bits per heavy atom. The first kappa shape index (κ1) is 15.9. The van der Waals surface area contributed by atoms with E-state index in [1.807, 2.05) is 13.1 Å². The van der Waals surface area contributed by atoms with Gasteiger partial charge in [-0.25, -0.2) is 0 Å². The van der Waals surface area contributed by atoms with E-state index in [-0.39, 0.29) is 18.3 Å². The van der Waals surface area contributed by atoms with Crippen molar-refractivity contribution < 1.29 is 9.53 Å². The van der Waals surface area contributed by atoms with E-state index in [1.54, 1.807) is 10.9 Å². The van der Waals surface area contributed by atoms with Crippen molar-refractivity contribution in [2.24, 2.45) is 11.1 Å².